The van der Waals surface area contributed by atoms with Crippen LogP contribution >= 0.6 is 11.6 Å². The summed E-state index contributed by atoms with van der Waals surface area (Å²) in [6.45, 7) is 2.45. The highest BCUT2D eigenvalue weighted by molar-refractivity contribution is 6.32. The van der Waals surface area contributed by atoms with E-state index in [1.165, 1.54) is 0 Å². The fourth-order valence-electron chi connectivity index (χ4n) is 2.68. The highest BCUT2D eigenvalue weighted by Crippen LogP contribution is 2.30. The number of halogens is 1. The topological polar surface area (TPSA) is 89.4 Å². The number of hydrogen-bond donors (Lipinski definition) is 1. The summed E-state index contributed by atoms with van der Waals surface area (Å²) >= 11 is 6.21. The molecule has 28 heavy (non-hydrogen) atoms. The molecule has 3 aromatic rings. The van der Waals surface area contributed by atoms with E-state index < -0.39 is 5.91 Å². The largest absolute Gasteiger partial charge is 0.490 e. The molecular weight excluding hydrogens is 382 g/mol. The quantitative estimate of drug-likeness (QED) is 0.602. The van der Waals surface area contributed by atoms with Gasteiger partial charge in [-0.3, -0.25) is 9.36 Å². The van der Waals surface area contributed by atoms with Crippen molar-refractivity contribution in [3.05, 3.63) is 64.6 Å². The minimum absolute atomic E-state index is 0.164. The lowest BCUT2D eigenvalue weighted by molar-refractivity contribution is 0.102. The van der Waals surface area contributed by atoms with Gasteiger partial charge in [0.1, 0.15) is 35.3 Å². The SMILES string of the molecule is COCCOc1ccc(NC(=O)c2c(C)oc(-n3cccc3)c2C#N)cc1Cl. The van der Waals surface area contributed by atoms with Gasteiger partial charge in [-0.1, -0.05) is 11.6 Å². The summed E-state index contributed by atoms with van der Waals surface area (Å²) in [5.74, 6) is 0.683. The highest BCUT2D eigenvalue weighted by atomic mass is 35.5. The van der Waals surface area contributed by atoms with Crippen LogP contribution in [0.4, 0.5) is 5.69 Å². The van der Waals surface area contributed by atoms with Gasteiger partial charge in [0.05, 0.1) is 11.6 Å². The third kappa shape index (κ3) is 4.03. The Bertz CT molecular complexity index is 1020. The zero-order valence-electron chi connectivity index (χ0n) is 15.4. The van der Waals surface area contributed by atoms with Crippen molar-refractivity contribution < 1.29 is 18.7 Å². The van der Waals surface area contributed by atoms with Crippen molar-refractivity contribution in [2.75, 3.05) is 25.6 Å². The van der Waals surface area contributed by atoms with Crippen LogP contribution in [0.1, 0.15) is 21.7 Å². The summed E-state index contributed by atoms with van der Waals surface area (Å²) < 4.78 is 17.7. The summed E-state index contributed by atoms with van der Waals surface area (Å²) in [7, 11) is 1.58. The summed E-state index contributed by atoms with van der Waals surface area (Å²) in [6.07, 6.45) is 3.48. The van der Waals surface area contributed by atoms with Crippen LogP contribution in [0.15, 0.2) is 47.1 Å². The first-order valence-corrected chi connectivity index (χ1v) is 8.82. The third-order valence-corrected chi connectivity index (χ3v) is 4.27. The molecule has 0 atom stereocenters. The van der Waals surface area contributed by atoms with E-state index in [0.717, 1.165) is 0 Å². The van der Waals surface area contributed by atoms with Gasteiger partial charge in [-0.05, 0) is 37.3 Å². The van der Waals surface area contributed by atoms with Crippen LogP contribution in [0.3, 0.4) is 0 Å². The standard InChI is InChI=1S/C20H18ClN3O4/c1-13-18(15(12-22)20(28-13)24-7-3-4-8-24)19(25)23-14-5-6-17(16(21)11-14)27-10-9-26-2/h3-8,11H,9-10H2,1-2H3,(H,23,25). The molecule has 0 saturated carbocycles. The van der Waals surface area contributed by atoms with Gasteiger partial charge >= 0.3 is 0 Å². The van der Waals surface area contributed by atoms with E-state index in [1.807, 2.05) is 0 Å². The average molecular weight is 400 g/mol. The number of nitriles is 1. The van der Waals surface area contributed by atoms with Crippen molar-refractivity contribution in [2.24, 2.45) is 0 Å². The van der Waals surface area contributed by atoms with E-state index >= 15 is 0 Å². The lowest BCUT2D eigenvalue weighted by atomic mass is 10.1. The van der Waals surface area contributed by atoms with Crippen LogP contribution in [-0.4, -0.2) is 30.8 Å². The Balaban J connectivity index is 1.82. The molecule has 8 heteroatoms. The number of ether oxygens (including phenoxy) is 2. The maximum Gasteiger partial charge on any atom is 0.260 e. The van der Waals surface area contributed by atoms with Crippen molar-refractivity contribution in [2.45, 2.75) is 6.92 Å². The minimum Gasteiger partial charge on any atom is -0.490 e. The molecule has 1 N–H and O–H groups in total. The van der Waals surface area contributed by atoms with Crippen molar-refractivity contribution in [3.8, 4) is 17.7 Å². The second kappa shape index (κ2) is 8.65. The van der Waals surface area contributed by atoms with Crippen LogP contribution in [-0.2, 0) is 4.74 Å². The van der Waals surface area contributed by atoms with Gasteiger partial charge in [-0.25, -0.2) is 0 Å². The smallest absolute Gasteiger partial charge is 0.260 e. The molecule has 1 aromatic carbocycles. The number of carbonyl (C=O) groups is 1. The van der Waals surface area contributed by atoms with Gasteiger partial charge in [0.15, 0.2) is 0 Å². The predicted molar refractivity (Wildman–Crippen MR) is 104 cm³/mol. The Hall–Kier alpha value is -3.21. The molecule has 144 valence electrons. The number of rotatable bonds is 7. The molecule has 2 aromatic heterocycles. The van der Waals surface area contributed by atoms with E-state index in [-0.39, 0.29) is 11.1 Å². The molecule has 0 aliphatic carbocycles. The third-order valence-electron chi connectivity index (χ3n) is 3.98. The van der Waals surface area contributed by atoms with Crippen molar-refractivity contribution in [3.63, 3.8) is 0 Å². The van der Waals surface area contributed by atoms with Gasteiger partial charge < -0.3 is 19.2 Å². The first-order valence-electron chi connectivity index (χ1n) is 8.44. The Kier molecular flexibility index (Phi) is 6.04. The average Bonchev–Trinajstić information content (AvgIpc) is 3.30. The van der Waals surface area contributed by atoms with Gasteiger partial charge in [-0.15, -0.1) is 0 Å². The van der Waals surface area contributed by atoms with Gasteiger partial charge in [0, 0.05) is 25.2 Å². The molecule has 0 radical (unpaired) electrons. The number of nitrogens with zero attached hydrogens (tertiary/aromatic N) is 2. The number of aromatic nitrogens is 1. The monoisotopic (exact) mass is 399 g/mol. The van der Waals surface area contributed by atoms with Crippen molar-refractivity contribution >= 4 is 23.2 Å². The second-order valence-electron chi connectivity index (χ2n) is 5.86. The molecule has 0 unspecified atom stereocenters. The number of aryl methyl sites for hydroxylation is 1. The maximum absolute atomic E-state index is 12.8. The Labute approximate surface area is 167 Å². The lowest BCUT2D eigenvalue weighted by Gasteiger charge is -2.10. The zero-order chi connectivity index (χ0) is 20.1. The summed E-state index contributed by atoms with van der Waals surface area (Å²) in [6, 6.07) is 10.6. The minimum atomic E-state index is -0.458. The molecule has 3 rings (SSSR count). The summed E-state index contributed by atoms with van der Waals surface area (Å²) in [5, 5.41) is 12.7. The Morgan fingerprint density at radius 1 is 1.32 bits per heavy atom. The fraction of sp³-hybridized carbons (Fsp3) is 0.200. The first kappa shape index (κ1) is 19.5. The molecular formula is C20H18ClN3O4. The predicted octanol–water partition coefficient (Wildman–Crippen LogP) is 4.18. The van der Waals surface area contributed by atoms with Crippen molar-refractivity contribution in [1.82, 2.24) is 4.57 Å². The van der Waals surface area contributed by atoms with Crippen LogP contribution in [0, 0.1) is 18.3 Å². The van der Waals surface area contributed by atoms with E-state index in [0.29, 0.717) is 41.3 Å². The highest BCUT2D eigenvalue weighted by Gasteiger charge is 2.24. The molecule has 7 nitrogen and oxygen atoms in total. The summed E-state index contributed by atoms with van der Waals surface area (Å²) in [5.41, 5.74) is 0.820. The first-order chi connectivity index (χ1) is 13.5. The van der Waals surface area contributed by atoms with Gasteiger partial charge in [-0.2, -0.15) is 5.26 Å². The van der Waals surface area contributed by atoms with Crippen LogP contribution in [0.5, 0.6) is 5.75 Å². The Morgan fingerprint density at radius 3 is 2.71 bits per heavy atom. The molecule has 0 aliphatic heterocycles. The number of nitrogens with one attached hydrogen (secondary N) is 1. The van der Waals surface area contributed by atoms with E-state index in [1.54, 1.807) is 61.3 Å². The number of anilines is 1. The lowest BCUT2D eigenvalue weighted by Crippen LogP contribution is -2.14. The molecule has 0 spiro atoms. The van der Waals surface area contributed by atoms with Crippen molar-refractivity contribution in [1.29, 1.82) is 5.26 Å². The number of hydrogen-bond acceptors (Lipinski definition) is 5. The van der Waals surface area contributed by atoms with E-state index in [2.05, 4.69) is 11.4 Å². The van der Waals surface area contributed by atoms with E-state index in [4.69, 9.17) is 25.5 Å². The zero-order valence-corrected chi connectivity index (χ0v) is 16.1. The number of benzene rings is 1. The molecule has 2 heterocycles. The van der Waals surface area contributed by atoms with Crippen LogP contribution in [0.25, 0.3) is 5.88 Å². The number of methoxy groups -OCH3 is 1. The summed E-state index contributed by atoms with van der Waals surface area (Å²) in [4.78, 5) is 12.8. The van der Waals surface area contributed by atoms with E-state index in [9.17, 15) is 10.1 Å². The normalized spacial score (nSPS) is 10.5. The molecule has 0 bridgehead atoms. The molecule has 0 fully saturated rings. The second-order valence-corrected chi connectivity index (χ2v) is 6.26. The fourth-order valence-corrected chi connectivity index (χ4v) is 2.92. The van der Waals surface area contributed by atoms with Gasteiger partial charge in [0.25, 0.3) is 5.91 Å². The molecule has 0 saturated heterocycles. The molecule has 1 amide bonds. The number of amides is 1. The van der Waals surface area contributed by atoms with Gasteiger partial charge in [0.2, 0.25) is 5.88 Å². The number of carbonyl (C=O) groups excluding carboxylic acids is 1. The molecule has 0 aliphatic rings. The Morgan fingerprint density at radius 2 is 2.07 bits per heavy atom. The number of furan rings is 1. The maximum atomic E-state index is 12.8. The van der Waals surface area contributed by atoms with Crippen LogP contribution < -0.4 is 10.1 Å². The van der Waals surface area contributed by atoms with Crippen LogP contribution in [0.2, 0.25) is 5.02 Å².